The molecule has 1 aliphatic heterocycles. The molecule has 0 spiro atoms. The molecule has 1 rings (SSSR count). The molecule has 1 amide bonds. The number of likely N-dealkylation sites (tertiary alicyclic amines) is 1. The van der Waals surface area contributed by atoms with Crippen LogP contribution in [0.5, 0.6) is 0 Å². The minimum absolute atomic E-state index is 0.0783. The highest BCUT2D eigenvalue weighted by atomic mass is 31.2. The van der Waals surface area contributed by atoms with Crippen LogP contribution in [0.25, 0.3) is 0 Å². The molecule has 0 aromatic heterocycles. The molecule has 0 aromatic carbocycles. The van der Waals surface area contributed by atoms with Crippen molar-refractivity contribution in [3.8, 4) is 0 Å². The van der Waals surface area contributed by atoms with Gasteiger partial charge in [-0.15, -0.1) is 0 Å². The molecule has 7 heteroatoms. The lowest BCUT2D eigenvalue weighted by Crippen LogP contribution is -2.45. The molecule has 1 unspecified atom stereocenters. The maximum Gasteiger partial charge on any atom is 0.340 e. The van der Waals surface area contributed by atoms with Crippen LogP contribution in [0.2, 0.25) is 0 Å². The molecule has 0 bridgehead atoms. The lowest BCUT2D eigenvalue weighted by molar-refractivity contribution is -0.132. The predicted molar refractivity (Wildman–Crippen MR) is 75.8 cm³/mol. The number of aldehydes is 1. The van der Waals surface area contributed by atoms with E-state index in [0.29, 0.717) is 13.0 Å². The summed E-state index contributed by atoms with van der Waals surface area (Å²) in [7, 11) is -3.37. The average Bonchev–Trinajstić information content (AvgIpc) is 2.40. The van der Waals surface area contributed by atoms with Crippen molar-refractivity contribution in [2.45, 2.75) is 45.6 Å². The minimum Gasteiger partial charge on any atom is -0.339 e. The highest BCUT2D eigenvalue weighted by Crippen LogP contribution is 2.48. The van der Waals surface area contributed by atoms with Crippen LogP contribution in [0.3, 0.4) is 0 Å². The van der Waals surface area contributed by atoms with E-state index in [9.17, 15) is 14.2 Å². The third-order valence-electron chi connectivity index (χ3n) is 3.30. The number of carbonyl (C=O) groups is 2. The summed E-state index contributed by atoms with van der Waals surface area (Å²) >= 11 is 0. The van der Waals surface area contributed by atoms with Crippen LogP contribution in [-0.4, -0.2) is 49.1 Å². The summed E-state index contributed by atoms with van der Waals surface area (Å²) in [6, 6.07) is -0.0783. The molecule has 116 valence electrons. The predicted octanol–water partition coefficient (Wildman–Crippen LogP) is 2.22. The van der Waals surface area contributed by atoms with Crippen LogP contribution in [0.4, 0.5) is 0 Å². The molecule has 6 nitrogen and oxygen atoms in total. The van der Waals surface area contributed by atoms with Gasteiger partial charge >= 0.3 is 7.60 Å². The number of hydrogen-bond donors (Lipinski definition) is 0. The van der Waals surface area contributed by atoms with Crippen molar-refractivity contribution in [3.63, 3.8) is 0 Å². The molecular formula is C13H24NO5P. The first-order chi connectivity index (χ1) is 9.56. The van der Waals surface area contributed by atoms with Crippen LogP contribution >= 0.6 is 7.60 Å². The quantitative estimate of drug-likeness (QED) is 0.508. The molecule has 1 fully saturated rings. The normalized spacial score (nSPS) is 19.9. The van der Waals surface area contributed by atoms with Gasteiger partial charge in [-0.2, -0.15) is 0 Å². The van der Waals surface area contributed by atoms with Crippen LogP contribution in [0.1, 0.15) is 39.5 Å². The van der Waals surface area contributed by atoms with Crippen molar-refractivity contribution in [1.82, 2.24) is 4.90 Å². The summed E-state index contributed by atoms with van der Waals surface area (Å²) in [6.07, 6.45) is 3.66. The molecule has 20 heavy (non-hydrogen) atoms. The number of nitrogens with zero attached hydrogens (tertiary/aromatic N) is 1. The number of amides is 1. The van der Waals surface area contributed by atoms with E-state index in [0.717, 1.165) is 25.5 Å². The lowest BCUT2D eigenvalue weighted by atomic mass is 10.00. The van der Waals surface area contributed by atoms with E-state index in [1.807, 2.05) is 0 Å². The van der Waals surface area contributed by atoms with Gasteiger partial charge in [0.05, 0.1) is 13.2 Å². The second kappa shape index (κ2) is 8.55. The van der Waals surface area contributed by atoms with Crippen LogP contribution in [0.15, 0.2) is 0 Å². The number of carbonyl (C=O) groups excluding carboxylic acids is 2. The summed E-state index contributed by atoms with van der Waals surface area (Å²) in [4.78, 5) is 24.7. The van der Waals surface area contributed by atoms with Gasteiger partial charge < -0.3 is 18.7 Å². The van der Waals surface area contributed by atoms with Crippen molar-refractivity contribution >= 4 is 19.8 Å². The standard InChI is InChI=1S/C13H24NO5P/c1-3-18-20(17,19-4-2)11-13(16)14-9-6-5-7-12(14)8-10-15/h10,12H,3-9,11H2,1-2H3. The first-order valence-corrected chi connectivity index (χ1v) is 8.90. The van der Waals surface area contributed by atoms with Crippen LogP contribution < -0.4 is 0 Å². The Morgan fingerprint density at radius 1 is 1.30 bits per heavy atom. The van der Waals surface area contributed by atoms with Crippen molar-refractivity contribution < 1.29 is 23.2 Å². The third kappa shape index (κ3) is 5.00. The molecule has 0 saturated carbocycles. The topological polar surface area (TPSA) is 72.9 Å². The van der Waals surface area contributed by atoms with Gasteiger partial charge in [0.2, 0.25) is 5.91 Å². The van der Waals surface area contributed by atoms with Gasteiger partial charge in [0.25, 0.3) is 0 Å². The van der Waals surface area contributed by atoms with Gasteiger partial charge in [-0.1, -0.05) is 0 Å². The Morgan fingerprint density at radius 2 is 1.95 bits per heavy atom. The van der Waals surface area contributed by atoms with E-state index >= 15 is 0 Å². The zero-order chi connectivity index (χ0) is 15.0. The summed E-state index contributed by atoms with van der Waals surface area (Å²) in [5.41, 5.74) is 0. The first kappa shape index (κ1) is 17.3. The van der Waals surface area contributed by atoms with Crippen molar-refractivity contribution in [3.05, 3.63) is 0 Å². The third-order valence-corrected chi connectivity index (χ3v) is 5.26. The van der Waals surface area contributed by atoms with Gasteiger partial charge in [-0.3, -0.25) is 9.36 Å². The molecule has 0 radical (unpaired) electrons. The van der Waals surface area contributed by atoms with Crippen molar-refractivity contribution in [1.29, 1.82) is 0 Å². The maximum absolute atomic E-state index is 12.4. The monoisotopic (exact) mass is 305 g/mol. The molecule has 1 heterocycles. The van der Waals surface area contributed by atoms with Crippen LogP contribution in [-0.2, 0) is 23.2 Å². The van der Waals surface area contributed by atoms with Crippen molar-refractivity contribution in [2.24, 2.45) is 0 Å². The molecule has 1 saturated heterocycles. The van der Waals surface area contributed by atoms with Crippen molar-refractivity contribution in [2.75, 3.05) is 25.9 Å². The highest BCUT2D eigenvalue weighted by Gasteiger charge is 2.33. The Hall–Kier alpha value is -0.710. The molecule has 0 N–H and O–H groups in total. The largest absolute Gasteiger partial charge is 0.340 e. The van der Waals surface area contributed by atoms with Gasteiger partial charge in [0, 0.05) is 19.0 Å². The number of rotatable bonds is 8. The van der Waals surface area contributed by atoms with Crippen LogP contribution in [0, 0.1) is 0 Å². The summed E-state index contributed by atoms with van der Waals surface area (Å²) < 4.78 is 22.7. The van der Waals surface area contributed by atoms with Gasteiger partial charge in [-0.05, 0) is 33.1 Å². The minimum atomic E-state index is -3.37. The second-order valence-corrected chi connectivity index (χ2v) is 6.80. The molecule has 1 aliphatic rings. The fourth-order valence-corrected chi connectivity index (χ4v) is 4.02. The summed E-state index contributed by atoms with van der Waals surface area (Å²) in [5, 5.41) is 0. The van der Waals surface area contributed by atoms with Gasteiger partial charge in [0.1, 0.15) is 12.4 Å². The first-order valence-electron chi connectivity index (χ1n) is 7.17. The zero-order valence-corrected chi connectivity index (χ0v) is 13.1. The van der Waals surface area contributed by atoms with E-state index in [-0.39, 0.29) is 31.3 Å². The Bertz CT molecular complexity index is 364. The Morgan fingerprint density at radius 3 is 2.50 bits per heavy atom. The second-order valence-electron chi connectivity index (χ2n) is 4.74. The fraction of sp³-hybridized carbons (Fsp3) is 0.846. The maximum atomic E-state index is 12.4. The summed E-state index contributed by atoms with van der Waals surface area (Å²) in [6.45, 7) is 4.51. The average molecular weight is 305 g/mol. The summed E-state index contributed by atoms with van der Waals surface area (Å²) in [5.74, 6) is -0.248. The van der Waals surface area contributed by atoms with E-state index < -0.39 is 7.60 Å². The Kier molecular flexibility index (Phi) is 7.41. The highest BCUT2D eigenvalue weighted by molar-refractivity contribution is 7.54. The van der Waals surface area contributed by atoms with E-state index in [1.165, 1.54) is 0 Å². The molecule has 0 aliphatic carbocycles. The number of piperidine rings is 1. The fourth-order valence-electron chi connectivity index (χ4n) is 2.46. The Labute approximate surface area is 120 Å². The van der Waals surface area contributed by atoms with Gasteiger partial charge in [-0.25, -0.2) is 0 Å². The van der Waals surface area contributed by atoms with Gasteiger partial charge in [0.15, 0.2) is 0 Å². The van der Waals surface area contributed by atoms with E-state index in [1.54, 1.807) is 18.7 Å². The van der Waals surface area contributed by atoms with E-state index in [2.05, 4.69) is 0 Å². The number of hydrogen-bond acceptors (Lipinski definition) is 5. The Balaban J connectivity index is 2.70. The molecule has 1 atom stereocenters. The zero-order valence-electron chi connectivity index (χ0n) is 12.2. The molecule has 0 aromatic rings. The SMILES string of the molecule is CCOP(=O)(CC(=O)N1CCCCC1CC=O)OCC. The lowest BCUT2D eigenvalue weighted by Gasteiger charge is -2.35. The van der Waals surface area contributed by atoms with E-state index in [4.69, 9.17) is 9.05 Å². The molecular weight excluding hydrogens is 281 g/mol. The smallest absolute Gasteiger partial charge is 0.339 e.